The van der Waals surface area contributed by atoms with Crippen LogP contribution in [0.25, 0.3) is 10.8 Å². The molecule has 1 unspecified atom stereocenters. The number of aryl methyl sites for hydroxylation is 1. The van der Waals surface area contributed by atoms with Crippen LogP contribution in [0.3, 0.4) is 0 Å². The van der Waals surface area contributed by atoms with Crippen molar-refractivity contribution in [2.45, 2.75) is 51.2 Å². The van der Waals surface area contributed by atoms with Crippen LogP contribution in [0.5, 0.6) is 6.01 Å². The summed E-state index contributed by atoms with van der Waals surface area (Å²) < 4.78 is 6.18. The topological polar surface area (TPSA) is 97.6 Å². The SMILES string of the molecule is Cc1cccc2cccc(N3CCc4c(nc(OCC5CCC(=O)N5C)nc4N4CCN[C@@H](CC#N)C4)C3)c12. The fourth-order valence-corrected chi connectivity index (χ4v) is 6.18. The number of amides is 1. The molecule has 0 radical (unpaired) electrons. The van der Waals surface area contributed by atoms with E-state index in [0.717, 1.165) is 50.5 Å². The lowest BCUT2D eigenvalue weighted by molar-refractivity contribution is -0.127. The second kappa shape index (κ2) is 10.7. The van der Waals surface area contributed by atoms with Crippen molar-refractivity contribution in [2.24, 2.45) is 0 Å². The van der Waals surface area contributed by atoms with Gasteiger partial charge in [0.1, 0.15) is 12.4 Å². The zero-order valence-corrected chi connectivity index (χ0v) is 22.7. The number of piperazine rings is 1. The van der Waals surface area contributed by atoms with E-state index >= 15 is 0 Å². The number of nitrogens with zero attached hydrogens (tertiary/aromatic N) is 6. The number of likely N-dealkylation sites (N-methyl/N-ethyl adjacent to an activating group) is 1. The highest BCUT2D eigenvalue weighted by Crippen LogP contribution is 2.35. The van der Waals surface area contributed by atoms with E-state index in [-0.39, 0.29) is 18.0 Å². The van der Waals surface area contributed by atoms with E-state index < -0.39 is 0 Å². The van der Waals surface area contributed by atoms with Crippen molar-refractivity contribution >= 4 is 28.2 Å². The minimum atomic E-state index is 0.0370. The lowest BCUT2D eigenvalue weighted by Gasteiger charge is -2.37. The quantitative estimate of drug-likeness (QED) is 0.524. The Morgan fingerprint density at radius 2 is 1.97 bits per heavy atom. The van der Waals surface area contributed by atoms with Gasteiger partial charge in [0, 0.05) is 62.3 Å². The highest BCUT2D eigenvalue weighted by Gasteiger charge is 2.31. The molecule has 9 nitrogen and oxygen atoms in total. The summed E-state index contributed by atoms with van der Waals surface area (Å²) in [6, 6.07) is 15.8. The van der Waals surface area contributed by atoms with E-state index in [1.54, 1.807) is 4.90 Å². The smallest absolute Gasteiger partial charge is 0.318 e. The maximum Gasteiger partial charge on any atom is 0.318 e. The number of carbonyl (C=O) groups excluding carboxylic acids is 1. The van der Waals surface area contributed by atoms with Gasteiger partial charge in [-0.1, -0.05) is 30.3 Å². The van der Waals surface area contributed by atoms with Crippen molar-refractivity contribution in [1.29, 1.82) is 5.26 Å². The number of nitrogens with one attached hydrogen (secondary N) is 1. The fourth-order valence-electron chi connectivity index (χ4n) is 6.18. The molecule has 0 aliphatic carbocycles. The molecule has 3 aliphatic rings. The number of nitriles is 1. The molecule has 202 valence electrons. The summed E-state index contributed by atoms with van der Waals surface area (Å²) in [7, 11) is 1.84. The second-order valence-electron chi connectivity index (χ2n) is 10.8. The number of ether oxygens (including phenoxy) is 1. The predicted octanol–water partition coefficient (Wildman–Crippen LogP) is 3.19. The maximum atomic E-state index is 12.0. The van der Waals surface area contributed by atoms with E-state index in [0.29, 0.717) is 32.0 Å². The Morgan fingerprint density at radius 1 is 1.13 bits per heavy atom. The number of likely N-dealkylation sites (tertiary alicyclic amines) is 1. The number of anilines is 2. The number of rotatable bonds is 6. The van der Waals surface area contributed by atoms with E-state index in [9.17, 15) is 10.1 Å². The Morgan fingerprint density at radius 3 is 2.77 bits per heavy atom. The molecule has 1 N–H and O–H groups in total. The largest absolute Gasteiger partial charge is 0.461 e. The Labute approximate surface area is 229 Å². The van der Waals surface area contributed by atoms with Gasteiger partial charge in [-0.15, -0.1) is 0 Å². The third-order valence-corrected chi connectivity index (χ3v) is 8.38. The fraction of sp³-hybridized carbons (Fsp3) is 0.467. The van der Waals surface area contributed by atoms with Crippen LogP contribution in [0.4, 0.5) is 11.5 Å². The molecule has 3 aromatic rings. The molecule has 0 bridgehead atoms. The molecule has 2 fully saturated rings. The van der Waals surface area contributed by atoms with Gasteiger partial charge < -0.3 is 24.8 Å². The van der Waals surface area contributed by atoms with Gasteiger partial charge >= 0.3 is 6.01 Å². The summed E-state index contributed by atoms with van der Waals surface area (Å²) in [5, 5.41) is 15.2. The average molecular weight is 526 g/mol. The van der Waals surface area contributed by atoms with Crippen LogP contribution in [0.1, 0.15) is 36.1 Å². The summed E-state index contributed by atoms with van der Waals surface area (Å²) in [6.45, 7) is 6.44. The van der Waals surface area contributed by atoms with Gasteiger partial charge in [-0.3, -0.25) is 4.79 Å². The summed E-state index contributed by atoms with van der Waals surface area (Å²) in [4.78, 5) is 28.4. The van der Waals surface area contributed by atoms with Gasteiger partial charge in [0.05, 0.1) is 30.8 Å². The van der Waals surface area contributed by atoms with E-state index in [2.05, 4.69) is 64.5 Å². The summed E-state index contributed by atoms with van der Waals surface area (Å²) in [5.74, 6) is 1.07. The van der Waals surface area contributed by atoms with Gasteiger partial charge in [0.2, 0.25) is 5.91 Å². The van der Waals surface area contributed by atoms with E-state index in [1.165, 1.54) is 27.6 Å². The standard InChI is InChI=1S/C30H35N7O2/c1-20-5-3-6-21-7-4-8-26(28(20)21)36-15-12-24-25(18-36)33-30(39-19-23-9-10-27(38)35(23)2)34-29(24)37-16-14-32-22(17-37)11-13-31/h3-8,22-23,32H,9-12,14-19H2,1-2H3/t22-,23?/m0/s1. The van der Waals surface area contributed by atoms with Crippen LogP contribution in [0.15, 0.2) is 36.4 Å². The first kappa shape index (κ1) is 25.4. The number of hydrogen-bond donors (Lipinski definition) is 1. The van der Waals surface area contributed by atoms with Crippen LogP contribution in [0.2, 0.25) is 0 Å². The monoisotopic (exact) mass is 525 g/mol. The normalized spacial score (nSPS) is 21.3. The molecule has 2 atom stereocenters. The molecule has 9 heteroatoms. The molecule has 2 saturated heterocycles. The minimum absolute atomic E-state index is 0.0370. The Kier molecular flexibility index (Phi) is 6.96. The zero-order valence-electron chi connectivity index (χ0n) is 22.7. The molecule has 1 aromatic heterocycles. The van der Waals surface area contributed by atoms with Crippen molar-refractivity contribution < 1.29 is 9.53 Å². The summed E-state index contributed by atoms with van der Waals surface area (Å²) >= 11 is 0. The first-order valence-electron chi connectivity index (χ1n) is 13.9. The highest BCUT2D eigenvalue weighted by atomic mass is 16.5. The molecule has 6 rings (SSSR count). The third-order valence-electron chi connectivity index (χ3n) is 8.38. The number of carbonyl (C=O) groups is 1. The first-order chi connectivity index (χ1) is 19.0. The highest BCUT2D eigenvalue weighted by molar-refractivity contribution is 5.97. The lowest BCUT2D eigenvalue weighted by atomic mass is 9.99. The molecule has 2 aromatic carbocycles. The van der Waals surface area contributed by atoms with Crippen molar-refractivity contribution in [3.05, 3.63) is 53.2 Å². The number of fused-ring (bicyclic) bond motifs is 2. The molecular formula is C30H35N7O2. The van der Waals surface area contributed by atoms with Crippen LogP contribution in [0, 0.1) is 18.3 Å². The van der Waals surface area contributed by atoms with Gasteiger partial charge in [-0.05, 0) is 36.8 Å². The Balaban J connectivity index is 1.33. The van der Waals surface area contributed by atoms with Gasteiger partial charge in [0.15, 0.2) is 0 Å². The number of aromatic nitrogens is 2. The summed E-state index contributed by atoms with van der Waals surface area (Å²) in [6.07, 6.45) is 2.64. The number of benzene rings is 2. The molecule has 4 heterocycles. The maximum absolute atomic E-state index is 12.0. The average Bonchev–Trinajstić information content (AvgIpc) is 3.28. The molecule has 1 amide bonds. The summed E-state index contributed by atoms with van der Waals surface area (Å²) in [5.41, 5.74) is 4.64. The van der Waals surface area contributed by atoms with Gasteiger partial charge in [-0.2, -0.15) is 15.2 Å². The molecule has 0 saturated carbocycles. The van der Waals surface area contributed by atoms with Crippen LogP contribution >= 0.6 is 0 Å². The van der Waals surface area contributed by atoms with Crippen molar-refractivity contribution in [1.82, 2.24) is 20.2 Å². The Hall–Kier alpha value is -3.90. The van der Waals surface area contributed by atoms with Crippen LogP contribution in [-0.4, -0.2) is 72.7 Å². The second-order valence-corrected chi connectivity index (χ2v) is 10.8. The van der Waals surface area contributed by atoms with Crippen molar-refractivity contribution in [2.75, 3.05) is 49.6 Å². The van der Waals surface area contributed by atoms with Gasteiger partial charge in [0.25, 0.3) is 0 Å². The van der Waals surface area contributed by atoms with E-state index in [4.69, 9.17) is 14.7 Å². The lowest BCUT2D eigenvalue weighted by Crippen LogP contribution is -2.51. The zero-order chi connectivity index (χ0) is 26.9. The van der Waals surface area contributed by atoms with Crippen molar-refractivity contribution in [3.63, 3.8) is 0 Å². The predicted molar refractivity (Wildman–Crippen MR) is 151 cm³/mol. The Bertz CT molecular complexity index is 1430. The number of hydrogen-bond acceptors (Lipinski definition) is 8. The molecular weight excluding hydrogens is 490 g/mol. The minimum Gasteiger partial charge on any atom is -0.461 e. The third kappa shape index (κ3) is 4.97. The van der Waals surface area contributed by atoms with Crippen LogP contribution in [-0.2, 0) is 17.8 Å². The first-order valence-corrected chi connectivity index (χ1v) is 13.9. The van der Waals surface area contributed by atoms with Crippen LogP contribution < -0.4 is 19.9 Å². The van der Waals surface area contributed by atoms with Gasteiger partial charge in [-0.25, -0.2) is 0 Å². The molecule has 3 aliphatic heterocycles. The van der Waals surface area contributed by atoms with Crippen molar-refractivity contribution in [3.8, 4) is 12.1 Å². The van der Waals surface area contributed by atoms with E-state index in [1.807, 2.05) is 7.05 Å². The molecule has 39 heavy (non-hydrogen) atoms. The molecule has 0 spiro atoms.